The van der Waals surface area contributed by atoms with Gasteiger partial charge >= 0.3 is 0 Å². The lowest BCUT2D eigenvalue weighted by Crippen LogP contribution is -2.37. The van der Waals surface area contributed by atoms with Gasteiger partial charge in [-0.1, -0.05) is 42.5 Å². The highest BCUT2D eigenvalue weighted by molar-refractivity contribution is 6.12. The summed E-state index contributed by atoms with van der Waals surface area (Å²) in [5.41, 5.74) is 3.33. The highest BCUT2D eigenvalue weighted by atomic mass is 16.5. The van der Waals surface area contributed by atoms with E-state index in [2.05, 4.69) is 5.32 Å². The second-order valence-electron chi connectivity index (χ2n) is 7.33. The van der Waals surface area contributed by atoms with Crippen LogP contribution in [0.15, 0.2) is 78.5 Å². The van der Waals surface area contributed by atoms with Crippen LogP contribution < -0.4 is 19.7 Å². The number of amides is 2. The van der Waals surface area contributed by atoms with Gasteiger partial charge in [0.15, 0.2) is 11.5 Å². The van der Waals surface area contributed by atoms with Gasteiger partial charge in [-0.3, -0.25) is 9.59 Å². The maximum atomic E-state index is 13.5. The smallest absolute Gasteiger partial charge is 0.274 e. The number of nitrogens with zero attached hydrogens (tertiary/aromatic N) is 1. The minimum atomic E-state index is -0.349. The number of para-hydroxylation sites is 1. The molecule has 3 aromatic rings. The van der Waals surface area contributed by atoms with E-state index in [0.29, 0.717) is 29.2 Å². The molecule has 3 aromatic carbocycles. The van der Waals surface area contributed by atoms with Crippen LogP contribution in [0.5, 0.6) is 11.5 Å². The Morgan fingerprint density at radius 2 is 1.62 bits per heavy atom. The molecule has 0 radical (unpaired) electrons. The van der Waals surface area contributed by atoms with Gasteiger partial charge in [0.1, 0.15) is 5.70 Å². The summed E-state index contributed by atoms with van der Waals surface area (Å²) in [5, 5.41) is 2.81. The molecule has 0 fully saturated rings. The Kier molecular flexibility index (Phi) is 6.22. The molecule has 0 bridgehead atoms. The van der Waals surface area contributed by atoms with Gasteiger partial charge in [-0.2, -0.15) is 0 Å². The highest BCUT2D eigenvalue weighted by Crippen LogP contribution is 2.30. The Bertz CT molecular complexity index is 1170. The number of anilines is 1. The molecule has 6 heteroatoms. The van der Waals surface area contributed by atoms with E-state index in [1.807, 2.05) is 30.3 Å². The van der Waals surface area contributed by atoms with Crippen molar-refractivity contribution in [3.63, 3.8) is 0 Å². The first-order chi connectivity index (χ1) is 15.6. The number of hydrogen-bond donors (Lipinski definition) is 1. The molecule has 2 amide bonds. The molecule has 0 spiro atoms. The van der Waals surface area contributed by atoms with Gasteiger partial charge in [-0.25, -0.2) is 0 Å². The number of methoxy groups -OCH3 is 2. The normalized spacial score (nSPS) is 12.8. The van der Waals surface area contributed by atoms with Crippen molar-refractivity contribution in [1.82, 2.24) is 5.32 Å². The first-order valence-electron chi connectivity index (χ1n) is 10.3. The number of ether oxygens (including phenoxy) is 2. The van der Waals surface area contributed by atoms with Crippen LogP contribution in [0, 0.1) is 0 Å². The third kappa shape index (κ3) is 4.34. The Balaban J connectivity index is 1.71. The summed E-state index contributed by atoms with van der Waals surface area (Å²) >= 11 is 0. The van der Waals surface area contributed by atoms with Crippen LogP contribution in [0.3, 0.4) is 0 Å². The number of carbonyl (C=O) groups excluding carboxylic acids is 2. The maximum Gasteiger partial charge on any atom is 0.274 e. The second-order valence-corrected chi connectivity index (χ2v) is 7.33. The molecule has 0 aliphatic carbocycles. The van der Waals surface area contributed by atoms with E-state index in [-0.39, 0.29) is 17.5 Å². The monoisotopic (exact) mass is 428 g/mol. The lowest BCUT2D eigenvalue weighted by atomic mass is 10.1. The van der Waals surface area contributed by atoms with Crippen LogP contribution in [0.2, 0.25) is 0 Å². The average Bonchev–Trinajstić information content (AvgIpc) is 3.27. The predicted octanol–water partition coefficient (Wildman–Crippen LogP) is 4.06. The predicted molar refractivity (Wildman–Crippen MR) is 124 cm³/mol. The molecule has 6 nitrogen and oxygen atoms in total. The zero-order valence-electron chi connectivity index (χ0n) is 18.0. The lowest BCUT2D eigenvalue weighted by molar-refractivity contribution is -0.115. The third-order valence-corrected chi connectivity index (χ3v) is 5.37. The number of benzene rings is 3. The molecule has 0 atom stereocenters. The quantitative estimate of drug-likeness (QED) is 0.601. The molecule has 1 N–H and O–H groups in total. The van der Waals surface area contributed by atoms with E-state index in [1.165, 1.54) is 0 Å². The summed E-state index contributed by atoms with van der Waals surface area (Å²) in [7, 11) is 3.11. The molecule has 1 aliphatic heterocycles. The fourth-order valence-corrected chi connectivity index (χ4v) is 3.74. The molecule has 0 saturated heterocycles. The second kappa shape index (κ2) is 9.39. The van der Waals surface area contributed by atoms with Crippen molar-refractivity contribution in [3.05, 3.63) is 95.2 Å². The van der Waals surface area contributed by atoms with Crippen molar-refractivity contribution in [1.29, 1.82) is 0 Å². The van der Waals surface area contributed by atoms with Gasteiger partial charge in [0, 0.05) is 17.8 Å². The highest BCUT2D eigenvalue weighted by Gasteiger charge is 2.27. The number of hydrogen-bond acceptors (Lipinski definition) is 4. The number of rotatable bonds is 6. The van der Waals surface area contributed by atoms with Crippen molar-refractivity contribution in [2.75, 3.05) is 25.7 Å². The van der Waals surface area contributed by atoms with Crippen LogP contribution in [0.4, 0.5) is 5.69 Å². The van der Waals surface area contributed by atoms with Crippen molar-refractivity contribution in [2.24, 2.45) is 0 Å². The van der Waals surface area contributed by atoms with Crippen molar-refractivity contribution >= 4 is 23.6 Å². The summed E-state index contributed by atoms with van der Waals surface area (Å²) in [4.78, 5) is 28.1. The fraction of sp³-hybridized carbons (Fsp3) is 0.154. The van der Waals surface area contributed by atoms with Gasteiger partial charge in [-0.05, 0) is 54.0 Å². The first-order valence-corrected chi connectivity index (χ1v) is 10.3. The minimum Gasteiger partial charge on any atom is -0.493 e. The first kappa shape index (κ1) is 21.2. The standard InChI is InChI=1S/C26H24N2O4/c1-31-23-13-12-18(17-24(23)32-2)16-21(27-25(29)20-9-4-3-5-10-20)26(30)28-15-14-19-8-6-7-11-22(19)28/h3-13,16-17H,14-15H2,1-2H3,(H,27,29)/b21-16-. The summed E-state index contributed by atoms with van der Waals surface area (Å²) in [6, 6.07) is 22.0. The molecule has 0 aromatic heterocycles. The van der Waals surface area contributed by atoms with Crippen LogP contribution >= 0.6 is 0 Å². The van der Waals surface area contributed by atoms with Crippen LogP contribution in [0.25, 0.3) is 6.08 Å². The van der Waals surface area contributed by atoms with Crippen molar-refractivity contribution in [2.45, 2.75) is 6.42 Å². The van der Waals surface area contributed by atoms with Gasteiger partial charge in [0.2, 0.25) is 0 Å². The molecule has 4 rings (SSSR count). The molecule has 162 valence electrons. The Labute approximate surface area is 187 Å². The summed E-state index contributed by atoms with van der Waals surface area (Å²) in [6.45, 7) is 0.558. The van der Waals surface area contributed by atoms with E-state index in [0.717, 1.165) is 17.7 Å². The fourth-order valence-electron chi connectivity index (χ4n) is 3.74. The number of carbonyl (C=O) groups is 2. The molecular weight excluding hydrogens is 404 g/mol. The molecule has 1 heterocycles. The van der Waals surface area contributed by atoms with Crippen molar-refractivity contribution in [3.8, 4) is 11.5 Å². The Hall–Kier alpha value is -4.06. The molecular formula is C26H24N2O4. The van der Waals surface area contributed by atoms with Gasteiger partial charge in [0.25, 0.3) is 11.8 Å². The van der Waals surface area contributed by atoms with E-state index in [4.69, 9.17) is 9.47 Å². The minimum absolute atomic E-state index is 0.183. The number of nitrogens with one attached hydrogen (secondary N) is 1. The van der Waals surface area contributed by atoms with Gasteiger partial charge in [0.05, 0.1) is 14.2 Å². The van der Waals surface area contributed by atoms with Crippen molar-refractivity contribution < 1.29 is 19.1 Å². The maximum absolute atomic E-state index is 13.5. The average molecular weight is 428 g/mol. The van der Waals surface area contributed by atoms with Gasteiger partial charge < -0.3 is 19.7 Å². The molecule has 0 saturated carbocycles. The SMILES string of the molecule is COc1ccc(/C=C(\NC(=O)c2ccccc2)C(=O)N2CCc3ccccc32)cc1OC. The zero-order chi connectivity index (χ0) is 22.5. The summed E-state index contributed by atoms with van der Waals surface area (Å²) < 4.78 is 10.7. The van der Waals surface area contributed by atoms with Crippen LogP contribution in [0.1, 0.15) is 21.5 Å². The van der Waals surface area contributed by atoms with Crippen LogP contribution in [-0.2, 0) is 11.2 Å². The zero-order valence-corrected chi connectivity index (χ0v) is 18.0. The summed E-state index contributed by atoms with van der Waals surface area (Å²) in [5.74, 6) is 0.500. The van der Waals surface area contributed by atoms with Gasteiger partial charge in [-0.15, -0.1) is 0 Å². The Morgan fingerprint density at radius 1 is 0.906 bits per heavy atom. The van der Waals surface area contributed by atoms with Crippen LogP contribution in [-0.4, -0.2) is 32.6 Å². The van der Waals surface area contributed by atoms with E-state index < -0.39 is 0 Å². The number of fused-ring (bicyclic) bond motifs is 1. The lowest BCUT2D eigenvalue weighted by Gasteiger charge is -2.20. The summed E-state index contributed by atoms with van der Waals surface area (Å²) in [6.07, 6.45) is 2.43. The van der Waals surface area contributed by atoms with E-state index in [9.17, 15) is 9.59 Å². The molecule has 32 heavy (non-hydrogen) atoms. The molecule has 1 aliphatic rings. The Morgan fingerprint density at radius 3 is 2.38 bits per heavy atom. The molecule has 0 unspecified atom stereocenters. The van der Waals surface area contributed by atoms with E-state index in [1.54, 1.807) is 67.7 Å². The topological polar surface area (TPSA) is 67.9 Å². The third-order valence-electron chi connectivity index (χ3n) is 5.37. The van der Waals surface area contributed by atoms with E-state index >= 15 is 0 Å². The largest absolute Gasteiger partial charge is 0.493 e.